The lowest BCUT2D eigenvalue weighted by Gasteiger charge is -2.11. The van der Waals surface area contributed by atoms with Gasteiger partial charge in [-0.1, -0.05) is 18.2 Å². The Labute approximate surface area is 175 Å². The van der Waals surface area contributed by atoms with E-state index in [1.807, 2.05) is 66.7 Å². The lowest BCUT2D eigenvalue weighted by molar-refractivity contribution is 0.0955. The normalized spacial score (nSPS) is 11.2. The van der Waals surface area contributed by atoms with Crippen molar-refractivity contribution < 1.29 is 4.79 Å². The van der Waals surface area contributed by atoms with Crippen LogP contribution in [0.2, 0.25) is 0 Å². The van der Waals surface area contributed by atoms with Crippen molar-refractivity contribution in [1.29, 1.82) is 0 Å². The zero-order valence-corrected chi connectivity index (χ0v) is 17.8. The van der Waals surface area contributed by atoms with Crippen LogP contribution in [0.1, 0.15) is 38.7 Å². The summed E-state index contributed by atoms with van der Waals surface area (Å²) in [6.07, 6.45) is 2.52. The minimum atomic E-state index is -0.0915. The van der Waals surface area contributed by atoms with Crippen LogP contribution in [0.15, 0.2) is 42.6 Å². The van der Waals surface area contributed by atoms with E-state index in [9.17, 15) is 4.79 Å². The molecule has 0 aliphatic heterocycles. The van der Waals surface area contributed by atoms with Crippen LogP contribution in [-0.4, -0.2) is 37.0 Å². The third-order valence-corrected chi connectivity index (χ3v) is 5.57. The molecule has 7 nitrogen and oxygen atoms in total. The number of carbonyl (C=O) groups is 1. The zero-order valence-electron chi connectivity index (χ0n) is 17.8. The first-order chi connectivity index (χ1) is 14.4. The van der Waals surface area contributed by atoms with E-state index in [1.165, 1.54) is 5.56 Å². The molecule has 1 aromatic carbocycles. The fraction of sp³-hybridized carbons (Fsp3) is 0.304. The molecule has 3 aromatic heterocycles. The summed E-state index contributed by atoms with van der Waals surface area (Å²) in [4.78, 5) is 17.8. The molecule has 154 valence electrons. The first-order valence-corrected chi connectivity index (χ1v) is 10.1. The molecule has 1 N–H and O–H groups in total. The van der Waals surface area contributed by atoms with Crippen molar-refractivity contribution in [1.82, 2.24) is 29.9 Å². The molecular weight excluding hydrogens is 376 g/mol. The summed E-state index contributed by atoms with van der Waals surface area (Å²) in [5.74, 6) is -0.0915. The lowest BCUT2D eigenvalue weighted by atomic mass is 10.1. The van der Waals surface area contributed by atoms with E-state index in [2.05, 4.69) is 22.4 Å². The number of benzene rings is 1. The molecular formula is C23H26N6O. The number of aromatic nitrogens is 5. The molecule has 0 fully saturated rings. The average molecular weight is 403 g/mol. The van der Waals surface area contributed by atoms with Crippen LogP contribution < -0.4 is 5.32 Å². The van der Waals surface area contributed by atoms with Gasteiger partial charge in [-0.3, -0.25) is 19.1 Å². The van der Waals surface area contributed by atoms with Gasteiger partial charge in [0.2, 0.25) is 0 Å². The SMILES string of the molecule is Cc1nn(C)c(C)c1CCNC(=O)c1cc(Cn2nccc2C)nc2ccccc12. The minimum absolute atomic E-state index is 0.0915. The van der Waals surface area contributed by atoms with Crippen LogP contribution >= 0.6 is 0 Å². The Morgan fingerprint density at radius 1 is 1.13 bits per heavy atom. The summed E-state index contributed by atoms with van der Waals surface area (Å²) in [6.45, 7) is 7.14. The Morgan fingerprint density at radius 2 is 1.93 bits per heavy atom. The number of hydrogen-bond donors (Lipinski definition) is 1. The average Bonchev–Trinajstić information content (AvgIpc) is 3.24. The number of hydrogen-bond acceptors (Lipinski definition) is 4. The molecule has 3 heterocycles. The Kier molecular flexibility index (Phi) is 5.35. The zero-order chi connectivity index (χ0) is 21.3. The van der Waals surface area contributed by atoms with Crippen molar-refractivity contribution in [3.63, 3.8) is 0 Å². The van der Waals surface area contributed by atoms with Crippen LogP contribution in [0, 0.1) is 20.8 Å². The Morgan fingerprint density at radius 3 is 2.63 bits per heavy atom. The molecule has 0 radical (unpaired) electrons. The second kappa shape index (κ2) is 8.10. The highest BCUT2D eigenvalue weighted by Gasteiger charge is 2.15. The molecule has 0 bridgehead atoms. The number of pyridine rings is 1. The second-order valence-electron chi connectivity index (χ2n) is 7.59. The Balaban J connectivity index is 1.57. The Bertz CT molecular complexity index is 1220. The molecule has 4 rings (SSSR count). The number of nitrogens with one attached hydrogen (secondary N) is 1. The Hall–Kier alpha value is -3.48. The van der Waals surface area contributed by atoms with Crippen LogP contribution in [0.25, 0.3) is 10.9 Å². The van der Waals surface area contributed by atoms with Gasteiger partial charge in [-0.05, 0) is 51.0 Å². The monoisotopic (exact) mass is 402 g/mol. The van der Waals surface area contributed by atoms with Gasteiger partial charge in [0.05, 0.1) is 29.0 Å². The number of amides is 1. The first-order valence-electron chi connectivity index (χ1n) is 10.1. The van der Waals surface area contributed by atoms with Crippen LogP contribution in [0.3, 0.4) is 0 Å². The van der Waals surface area contributed by atoms with Gasteiger partial charge in [-0.25, -0.2) is 0 Å². The molecule has 0 spiro atoms. The third kappa shape index (κ3) is 3.83. The lowest BCUT2D eigenvalue weighted by Crippen LogP contribution is -2.26. The quantitative estimate of drug-likeness (QED) is 0.538. The van der Waals surface area contributed by atoms with Gasteiger partial charge < -0.3 is 5.32 Å². The first kappa shape index (κ1) is 19.8. The van der Waals surface area contributed by atoms with Crippen LogP contribution in [0.5, 0.6) is 0 Å². The van der Waals surface area contributed by atoms with E-state index in [-0.39, 0.29) is 5.91 Å². The van der Waals surface area contributed by atoms with E-state index in [1.54, 1.807) is 6.20 Å². The van der Waals surface area contributed by atoms with Crippen LogP contribution in [0.4, 0.5) is 0 Å². The highest BCUT2D eigenvalue weighted by atomic mass is 16.1. The molecule has 0 aliphatic carbocycles. The van der Waals surface area contributed by atoms with Crippen molar-refractivity contribution in [2.75, 3.05) is 6.54 Å². The number of carbonyl (C=O) groups excluding carboxylic acids is 1. The van der Waals surface area contributed by atoms with Gasteiger partial charge >= 0.3 is 0 Å². The molecule has 0 atom stereocenters. The summed E-state index contributed by atoms with van der Waals surface area (Å²) >= 11 is 0. The van der Waals surface area contributed by atoms with E-state index in [0.29, 0.717) is 18.7 Å². The van der Waals surface area contributed by atoms with E-state index < -0.39 is 0 Å². The summed E-state index contributed by atoms with van der Waals surface area (Å²) in [5, 5.41) is 12.7. The van der Waals surface area contributed by atoms with Gasteiger partial charge in [-0.15, -0.1) is 0 Å². The number of para-hydroxylation sites is 1. The van der Waals surface area contributed by atoms with Crippen molar-refractivity contribution in [2.45, 2.75) is 33.7 Å². The summed E-state index contributed by atoms with van der Waals surface area (Å²) in [5.41, 5.74) is 6.64. The van der Waals surface area contributed by atoms with Gasteiger partial charge in [0, 0.05) is 36.6 Å². The van der Waals surface area contributed by atoms with Gasteiger partial charge in [0.15, 0.2) is 0 Å². The molecule has 7 heteroatoms. The predicted molar refractivity (Wildman–Crippen MR) is 117 cm³/mol. The summed E-state index contributed by atoms with van der Waals surface area (Å²) in [7, 11) is 1.94. The maximum atomic E-state index is 13.1. The fourth-order valence-corrected chi connectivity index (χ4v) is 3.79. The summed E-state index contributed by atoms with van der Waals surface area (Å²) < 4.78 is 3.76. The smallest absolute Gasteiger partial charge is 0.252 e. The standard InChI is InChI=1S/C23H26N6O/c1-15-9-12-25-29(15)14-18-13-21(20-7-5-6-8-22(20)26-18)23(30)24-11-10-19-16(2)27-28(4)17(19)3/h5-9,12-13H,10-11,14H2,1-4H3,(H,24,30). The molecule has 0 saturated heterocycles. The molecule has 4 aromatic rings. The number of fused-ring (bicyclic) bond motifs is 1. The molecule has 0 saturated carbocycles. The molecule has 0 aliphatic rings. The predicted octanol–water partition coefficient (Wildman–Crippen LogP) is 3.11. The maximum Gasteiger partial charge on any atom is 0.252 e. The van der Waals surface area contributed by atoms with Crippen molar-refractivity contribution in [3.05, 3.63) is 76.5 Å². The third-order valence-electron chi connectivity index (χ3n) is 5.57. The van der Waals surface area contributed by atoms with E-state index in [0.717, 1.165) is 40.1 Å². The minimum Gasteiger partial charge on any atom is -0.352 e. The largest absolute Gasteiger partial charge is 0.352 e. The molecule has 30 heavy (non-hydrogen) atoms. The highest BCUT2D eigenvalue weighted by molar-refractivity contribution is 6.06. The molecule has 0 unspecified atom stereocenters. The molecule has 1 amide bonds. The van der Waals surface area contributed by atoms with E-state index in [4.69, 9.17) is 4.98 Å². The maximum absolute atomic E-state index is 13.1. The van der Waals surface area contributed by atoms with Crippen LogP contribution in [-0.2, 0) is 20.0 Å². The number of rotatable bonds is 6. The fourth-order valence-electron chi connectivity index (χ4n) is 3.79. The van der Waals surface area contributed by atoms with Gasteiger partial charge in [0.25, 0.3) is 5.91 Å². The number of aryl methyl sites for hydroxylation is 3. The summed E-state index contributed by atoms with van der Waals surface area (Å²) in [6, 6.07) is 11.6. The highest BCUT2D eigenvalue weighted by Crippen LogP contribution is 2.19. The van der Waals surface area contributed by atoms with Crippen molar-refractivity contribution in [3.8, 4) is 0 Å². The van der Waals surface area contributed by atoms with Crippen molar-refractivity contribution in [2.24, 2.45) is 7.05 Å². The topological polar surface area (TPSA) is 77.6 Å². The number of nitrogens with zero attached hydrogens (tertiary/aromatic N) is 5. The second-order valence-corrected chi connectivity index (χ2v) is 7.59. The van der Waals surface area contributed by atoms with Gasteiger partial charge in [-0.2, -0.15) is 10.2 Å². The van der Waals surface area contributed by atoms with Crippen molar-refractivity contribution >= 4 is 16.8 Å². The van der Waals surface area contributed by atoms with Gasteiger partial charge in [0.1, 0.15) is 0 Å². The van der Waals surface area contributed by atoms with E-state index >= 15 is 0 Å².